The molecule has 0 fully saturated rings. The van der Waals surface area contributed by atoms with Crippen LogP contribution in [0.2, 0.25) is 0 Å². The first-order chi connectivity index (χ1) is 21.3. The molecule has 1 atom stereocenters. The van der Waals surface area contributed by atoms with Gasteiger partial charge in [-0.05, 0) is 92.8 Å². The molecule has 0 aliphatic carbocycles. The van der Waals surface area contributed by atoms with Crippen molar-refractivity contribution >= 4 is 11.4 Å². The van der Waals surface area contributed by atoms with E-state index in [0.717, 1.165) is 58.5 Å². The predicted octanol–water partition coefficient (Wildman–Crippen LogP) is 11.6. The molecule has 0 bridgehead atoms. The lowest BCUT2D eigenvalue weighted by Crippen LogP contribution is -2.21. The van der Waals surface area contributed by atoms with Gasteiger partial charge in [-0.3, -0.25) is 0 Å². The van der Waals surface area contributed by atoms with Crippen molar-refractivity contribution in [2.45, 2.75) is 47.5 Å². The Morgan fingerprint density at radius 2 is 1.45 bits per heavy atom. The second-order valence-corrected chi connectivity index (χ2v) is 10.7. The van der Waals surface area contributed by atoms with Gasteiger partial charge in [-0.1, -0.05) is 94.1 Å². The Balaban J connectivity index is 0.000000317. The Kier molecular flexibility index (Phi) is 12.9. The molecule has 4 rings (SSSR count). The zero-order valence-electron chi connectivity index (χ0n) is 27.5. The number of likely N-dealkylation sites (N-methyl/N-ethyl adjacent to an activating group) is 2. The molecule has 3 aromatic carbocycles. The van der Waals surface area contributed by atoms with Gasteiger partial charge in [-0.15, -0.1) is 0 Å². The second kappa shape index (κ2) is 16.8. The van der Waals surface area contributed by atoms with Crippen LogP contribution in [-0.2, 0) is 0 Å². The Morgan fingerprint density at radius 1 is 0.818 bits per heavy atom. The number of nitrogens with zero attached hydrogens (tertiary/aromatic N) is 2. The number of hydrogen-bond acceptors (Lipinski definition) is 4. The summed E-state index contributed by atoms with van der Waals surface area (Å²) in [6.07, 6.45) is 16.5. The summed E-state index contributed by atoms with van der Waals surface area (Å²) >= 11 is 0. The highest BCUT2D eigenvalue weighted by Crippen LogP contribution is 2.51. The van der Waals surface area contributed by atoms with Crippen molar-refractivity contribution in [1.29, 1.82) is 0 Å². The lowest BCUT2D eigenvalue weighted by molar-refractivity contribution is 0.360. The van der Waals surface area contributed by atoms with E-state index in [0.29, 0.717) is 5.92 Å². The van der Waals surface area contributed by atoms with Gasteiger partial charge in [0.1, 0.15) is 0 Å². The van der Waals surface area contributed by atoms with Gasteiger partial charge in [-0.25, -0.2) is 0 Å². The van der Waals surface area contributed by atoms with Crippen molar-refractivity contribution in [1.82, 2.24) is 0 Å². The molecule has 1 aliphatic rings. The highest BCUT2D eigenvalue weighted by molar-refractivity contribution is 5.75. The molecule has 0 N–H and O–H groups in total. The number of hydrogen-bond donors (Lipinski definition) is 0. The summed E-state index contributed by atoms with van der Waals surface area (Å²) in [6, 6.07) is 22.0. The van der Waals surface area contributed by atoms with Gasteiger partial charge in [-0.2, -0.15) is 0 Å². The molecule has 0 amide bonds. The molecule has 1 unspecified atom stereocenters. The van der Waals surface area contributed by atoms with E-state index in [1.165, 1.54) is 11.3 Å². The average molecular weight is 589 g/mol. The van der Waals surface area contributed by atoms with Crippen LogP contribution in [0.25, 0.3) is 0 Å². The average Bonchev–Trinajstić information content (AvgIpc) is 3.04. The summed E-state index contributed by atoms with van der Waals surface area (Å²) in [6.45, 7) is 18.2. The predicted molar refractivity (Wildman–Crippen MR) is 190 cm³/mol. The normalized spacial score (nSPS) is 13.4. The molecular formula is C40H48N2O2. The highest BCUT2D eigenvalue weighted by atomic mass is 16.6. The van der Waals surface area contributed by atoms with Crippen LogP contribution in [0.1, 0.15) is 46.1 Å². The highest BCUT2D eigenvalue weighted by Gasteiger charge is 2.26. The molecular weight excluding hydrogens is 540 g/mol. The van der Waals surface area contributed by atoms with E-state index in [2.05, 4.69) is 107 Å². The summed E-state index contributed by atoms with van der Waals surface area (Å²) < 4.78 is 12.5. The third kappa shape index (κ3) is 8.23. The van der Waals surface area contributed by atoms with Gasteiger partial charge < -0.3 is 19.3 Å². The molecule has 230 valence electrons. The maximum Gasteiger partial charge on any atom is 0.193 e. The first kappa shape index (κ1) is 33.8. The standard InChI is InChI=1S/C27H33NO2.C13H15N/c1-7-12-19(4)21(13-8-2)22(14-9-3)28(6)26-20(5)17-18-25-27(26)30-24-16-11-10-15-23(24)29-25;1-4-9-12(5-2)14(3)13-10-7-6-8-11-13/h8-11,13-19H,7,12H2,1-6H3;4-11H,1-2H2,3H3/b13-8-,14-9-,22-21-;12-9+. The number of benzene rings is 3. The van der Waals surface area contributed by atoms with Gasteiger partial charge in [0.15, 0.2) is 23.0 Å². The topological polar surface area (TPSA) is 24.9 Å². The fraction of sp³-hybridized carbons (Fsp3) is 0.250. The summed E-state index contributed by atoms with van der Waals surface area (Å²) in [5.41, 5.74) is 6.85. The number of aryl methyl sites for hydroxylation is 1. The lowest BCUT2D eigenvalue weighted by atomic mass is 9.93. The minimum atomic E-state index is 0.456. The van der Waals surface area contributed by atoms with Gasteiger partial charge in [0.25, 0.3) is 0 Å². The van der Waals surface area contributed by atoms with E-state index in [1.54, 1.807) is 6.08 Å². The smallest absolute Gasteiger partial charge is 0.193 e. The monoisotopic (exact) mass is 588 g/mol. The van der Waals surface area contributed by atoms with Crippen LogP contribution in [0.5, 0.6) is 23.0 Å². The number of anilines is 2. The van der Waals surface area contributed by atoms with E-state index in [1.807, 2.05) is 67.7 Å². The Hall–Kier alpha value is -4.70. The SMILES string of the molecule is C=C/C=C(\C=C)N(C)c1ccccc1.C\C=C/C(=C(\C=C/C)N(C)c1c(C)ccc2c1Oc1ccccc1O2)C(C)CCC. The van der Waals surface area contributed by atoms with Crippen LogP contribution in [0.15, 0.2) is 139 Å². The maximum atomic E-state index is 6.36. The molecule has 4 heteroatoms. The van der Waals surface area contributed by atoms with Gasteiger partial charge in [0.2, 0.25) is 0 Å². The second-order valence-electron chi connectivity index (χ2n) is 10.7. The summed E-state index contributed by atoms with van der Waals surface area (Å²) in [7, 11) is 4.12. The first-order valence-corrected chi connectivity index (χ1v) is 15.4. The molecule has 44 heavy (non-hydrogen) atoms. The van der Waals surface area contributed by atoms with Gasteiger partial charge in [0.05, 0.1) is 5.69 Å². The van der Waals surface area contributed by atoms with Crippen molar-refractivity contribution in [3.8, 4) is 23.0 Å². The van der Waals surface area contributed by atoms with Crippen LogP contribution < -0.4 is 19.3 Å². The van der Waals surface area contributed by atoms with Crippen molar-refractivity contribution in [2.75, 3.05) is 23.9 Å². The van der Waals surface area contributed by atoms with E-state index in [4.69, 9.17) is 9.47 Å². The van der Waals surface area contributed by atoms with Crippen LogP contribution in [0.3, 0.4) is 0 Å². The number of ether oxygens (including phenoxy) is 2. The minimum absolute atomic E-state index is 0.456. The first-order valence-electron chi connectivity index (χ1n) is 15.4. The van der Waals surface area contributed by atoms with Crippen LogP contribution in [0.4, 0.5) is 11.4 Å². The zero-order valence-corrected chi connectivity index (χ0v) is 27.5. The van der Waals surface area contributed by atoms with Crippen LogP contribution >= 0.6 is 0 Å². The molecule has 0 saturated carbocycles. The Labute approximate surface area is 265 Å². The third-order valence-corrected chi connectivity index (χ3v) is 7.52. The lowest BCUT2D eigenvalue weighted by Gasteiger charge is -2.31. The fourth-order valence-corrected chi connectivity index (χ4v) is 5.28. The van der Waals surface area contributed by atoms with Gasteiger partial charge in [0, 0.05) is 31.2 Å². The van der Waals surface area contributed by atoms with Crippen molar-refractivity contribution < 1.29 is 9.47 Å². The number of fused-ring (bicyclic) bond motifs is 2. The van der Waals surface area contributed by atoms with E-state index < -0.39 is 0 Å². The fourth-order valence-electron chi connectivity index (χ4n) is 5.28. The van der Waals surface area contributed by atoms with Crippen molar-refractivity contribution in [3.05, 3.63) is 145 Å². The Bertz CT molecular complexity index is 1530. The number of allylic oxidation sites excluding steroid dienone is 8. The van der Waals surface area contributed by atoms with Gasteiger partial charge >= 0.3 is 0 Å². The Morgan fingerprint density at radius 3 is 2.05 bits per heavy atom. The molecule has 1 heterocycles. The minimum Gasteiger partial charge on any atom is -0.449 e. The third-order valence-electron chi connectivity index (χ3n) is 7.52. The summed E-state index contributed by atoms with van der Waals surface area (Å²) in [4.78, 5) is 4.31. The van der Waals surface area contributed by atoms with Crippen molar-refractivity contribution in [2.24, 2.45) is 5.92 Å². The summed E-state index contributed by atoms with van der Waals surface area (Å²) in [5.74, 6) is 3.46. The molecule has 0 saturated heterocycles. The molecule has 4 nitrogen and oxygen atoms in total. The molecule has 0 aromatic heterocycles. The van der Waals surface area contributed by atoms with E-state index >= 15 is 0 Å². The van der Waals surface area contributed by atoms with Crippen LogP contribution in [0, 0.1) is 12.8 Å². The van der Waals surface area contributed by atoms with E-state index in [9.17, 15) is 0 Å². The molecule has 0 radical (unpaired) electrons. The largest absolute Gasteiger partial charge is 0.449 e. The van der Waals surface area contributed by atoms with E-state index in [-0.39, 0.29) is 0 Å². The maximum absolute atomic E-state index is 6.36. The molecule has 1 aliphatic heterocycles. The number of rotatable bonds is 11. The summed E-state index contributed by atoms with van der Waals surface area (Å²) in [5, 5.41) is 0. The zero-order chi connectivity index (χ0) is 32.1. The molecule has 0 spiro atoms. The van der Waals surface area contributed by atoms with Crippen molar-refractivity contribution in [3.63, 3.8) is 0 Å². The number of para-hydroxylation sites is 3. The molecule has 3 aromatic rings. The quantitative estimate of drug-likeness (QED) is 0.163. The van der Waals surface area contributed by atoms with Crippen LogP contribution in [-0.4, -0.2) is 14.1 Å².